The number of hydrogen-bond acceptors (Lipinski definition) is 3. The monoisotopic (exact) mass is 324 g/mol. The predicted octanol–water partition coefficient (Wildman–Crippen LogP) is 1.76. The van der Waals surface area contributed by atoms with E-state index in [0.29, 0.717) is 5.02 Å². The molecule has 0 radical (unpaired) electrons. The van der Waals surface area contributed by atoms with E-state index in [9.17, 15) is 22.8 Å². The number of rotatable bonds is 5. The molecule has 0 heterocycles. The number of halogens is 4. The molecule has 9 heteroatoms. The number of hydrogen-bond donors (Lipinski definition) is 2. The molecule has 0 aliphatic carbocycles. The molecule has 0 bridgehead atoms. The van der Waals surface area contributed by atoms with Crippen LogP contribution in [0.3, 0.4) is 0 Å². The molecule has 0 saturated carbocycles. The van der Waals surface area contributed by atoms with E-state index in [1.54, 1.807) is 5.32 Å². The van der Waals surface area contributed by atoms with Crippen LogP contribution < -0.4 is 15.4 Å². The van der Waals surface area contributed by atoms with E-state index in [0.717, 1.165) is 0 Å². The largest absolute Gasteiger partial charge is 0.496 e. The molecule has 0 aliphatic rings. The fourth-order valence-electron chi connectivity index (χ4n) is 1.41. The molecule has 0 unspecified atom stereocenters. The van der Waals surface area contributed by atoms with Gasteiger partial charge in [-0.1, -0.05) is 11.6 Å². The predicted molar refractivity (Wildman–Crippen MR) is 69.4 cm³/mol. The van der Waals surface area contributed by atoms with Crippen molar-refractivity contribution < 1.29 is 27.5 Å². The van der Waals surface area contributed by atoms with E-state index in [4.69, 9.17) is 16.3 Å². The lowest BCUT2D eigenvalue weighted by atomic mass is 10.2. The molecule has 0 atom stereocenters. The fraction of sp³-hybridized carbons (Fsp3) is 0.333. The average molecular weight is 325 g/mol. The molecular weight excluding hydrogens is 313 g/mol. The first kappa shape index (κ1) is 17.1. The zero-order chi connectivity index (χ0) is 16.0. The standard InChI is InChI=1S/C12H12ClF3N2O3/c1-21-9-3-2-7(13)6-8(9)10(19)17-4-5-18-11(20)12(14,15)16/h2-3,6H,4-5H2,1H3,(H,17,19)(H,18,20). The molecule has 2 N–H and O–H groups in total. The molecule has 0 spiro atoms. The molecular formula is C12H12ClF3N2O3. The normalized spacial score (nSPS) is 10.9. The molecule has 0 fully saturated rings. The van der Waals surface area contributed by atoms with E-state index in [1.165, 1.54) is 25.3 Å². The molecule has 0 saturated heterocycles. The number of methoxy groups -OCH3 is 1. The van der Waals surface area contributed by atoms with Gasteiger partial charge in [-0.15, -0.1) is 0 Å². The van der Waals surface area contributed by atoms with Crippen molar-refractivity contribution in [2.75, 3.05) is 20.2 Å². The van der Waals surface area contributed by atoms with Crippen molar-refractivity contribution in [3.63, 3.8) is 0 Å². The van der Waals surface area contributed by atoms with Crippen molar-refractivity contribution in [1.82, 2.24) is 10.6 Å². The van der Waals surface area contributed by atoms with E-state index in [2.05, 4.69) is 5.32 Å². The lowest BCUT2D eigenvalue weighted by Crippen LogP contribution is -2.41. The Bertz CT molecular complexity index is 535. The average Bonchev–Trinajstić information content (AvgIpc) is 2.41. The van der Waals surface area contributed by atoms with Gasteiger partial charge in [-0.05, 0) is 18.2 Å². The van der Waals surface area contributed by atoms with Gasteiger partial charge in [0.25, 0.3) is 5.91 Å². The summed E-state index contributed by atoms with van der Waals surface area (Å²) < 4.78 is 40.7. The molecule has 0 aromatic heterocycles. The van der Waals surface area contributed by atoms with Crippen molar-refractivity contribution in [3.8, 4) is 5.75 Å². The van der Waals surface area contributed by atoms with Gasteiger partial charge >= 0.3 is 12.1 Å². The van der Waals surface area contributed by atoms with Crippen LogP contribution in [-0.4, -0.2) is 38.2 Å². The Morgan fingerprint density at radius 3 is 2.43 bits per heavy atom. The second kappa shape index (κ2) is 7.16. The fourth-order valence-corrected chi connectivity index (χ4v) is 1.58. The van der Waals surface area contributed by atoms with Gasteiger partial charge in [-0.3, -0.25) is 9.59 Å². The van der Waals surface area contributed by atoms with Crippen LogP contribution in [0.15, 0.2) is 18.2 Å². The van der Waals surface area contributed by atoms with Crippen molar-refractivity contribution in [2.45, 2.75) is 6.18 Å². The van der Waals surface area contributed by atoms with Gasteiger partial charge in [0.15, 0.2) is 0 Å². The molecule has 2 amide bonds. The maximum Gasteiger partial charge on any atom is 0.471 e. The number of carbonyl (C=O) groups excluding carboxylic acids is 2. The van der Waals surface area contributed by atoms with Crippen molar-refractivity contribution in [3.05, 3.63) is 28.8 Å². The van der Waals surface area contributed by atoms with Gasteiger partial charge in [0.05, 0.1) is 12.7 Å². The van der Waals surface area contributed by atoms with Gasteiger partial charge in [-0.25, -0.2) is 0 Å². The van der Waals surface area contributed by atoms with Crippen LogP contribution in [0.1, 0.15) is 10.4 Å². The van der Waals surface area contributed by atoms with E-state index < -0.39 is 18.0 Å². The molecule has 0 aliphatic heterocycles. The summed E-state index contributed by atoms with van der Waals surface area (Å²) in [6, 6.07) is 4.38. The summed E-state index contributed by atoms with van der Waals surface area (Å²) in [5, 5.41) is 4.29. The minimum absolute atomic E-state index is 0.146. The number of alkyl halides is 3. The molecule has 1 rings (SSSR count). The first-order valence-electron chi connectivity index (χ1n) is 5.72. The van der Waals surface area contributed by atoms with E-state index in [1.807, 2.05) is 0 Å². The summed E-state index contributed by atoms with van der Waals surface area (Å²) >= 11 is 5.75. The molecule has 1 aromatic rings. The van der Waals surface area contributed by atoms with Crippen molar-refractivity contribution in [2.24, 2.45) is 0 Å². The second-order valence-corrected chi connectivity index (χ2v) is 4.29. The lowest BCUT2D eigenvalue weighted by molar-refractivity contribution is -0.173. The van der Waals surface area contributed by atoms with Crippen LogP contribution in [0.2, 0.25) is 5.02 Å². The molecule has 5 nitrogen and oxygen atoms in total. The SMILES string of the molecule is COc1ccc(Cl)cc1C(=O)NCCNC(=O)C(F)(F)F. The highest BCUT2D eigenvalue weighted by Gasteiger charge is 2.38. The first-order valence-corrected chi connectivity index (χ1v) is 6.10. The first-order chi connectivity index (χ1) is 9.75. The van der Waals surface area contributed by atoms with E-state index >= 15 is 0 Å². The zero-order valence-electron chi connectivity index (χ0n) is 10.9. The van der Waals surface area contributed by atoms with Crippen LogP contribution in [0.5, 0.6) is 5.75 Å². The van der Waals surface area contributed by atoms with Gasteiger partial charge in [0.1, 0.15) is 5.75 Å². The Kier molecular flexibility index (Phi) is 5.83. The summed E-state index contributed by atoms with van der Waals surface area (Å²) in [6.07, 6.45) is -4.94. The van der Waals surface area contributed by atoms with Gasteiger partial charge < -0.3 is 15.4 Å². The van der Waals surface area contributed by atoms with Crippen LogP contribution in [0, 0.1) is 0 Å². The zero-order valence-corrected chi connectivity index (χ0v) is 11.6. The third-order valence-corrected chi connectivity index (χ3v) is 2.59. The van der Waals surface area contributed by atoms with Crippen LogP contribution in [0.4, 0.5) is 13.2 Å². The highest BCUT2D eigenvalue weighted by molar-refractivity contribution is 6.31. The Labute approximate surface area is 123 Å². The number of nitrogens with one attached hydrogen (secondary N) is 2. The maximum absolute atomic E-state index is 11.9. The summed E-state index contributed by atoms with van der Waals surface area (Å²) in [5.74, 6) is -2.36. The summed E-state index contributed by atoms with van der Waals surface area (Å²) in [5.41, 5.74) is 0.146. The highest BCUT2D eigenvalue weighted by Crippen LogP contribution is 2.22. The van der Waals surface area contributed by atoms with Gasteiger partial charge in [0.2, 0.25) is 0 Å². The molecule has 1 aromatic carbocycles. The minimum Gasteiger partial charge on any atom is -0.496 e. The number of benzene rings is 1. The Morgan fingerprint density at radius 2 is 1.86 bits per heavy atom. The molecule has 21 heavy (non-hydrogen) atoms. The number of amides is 2. The second-order valence-electron chi connectivity index (χ2n) is 3.85. The molecule has 116 valence electrons. The lowest BCUT2D eigenvalue weighted by Gasteiger charge is -2.11. The van der Waals surface area contributed by atoms with Crippen LogP contribution in [-0.2, 0) is 4.79 Å². The Morgan fingerprint density at radius 1 is 1.24 bits per heavy atom. The highest BCUT2D eigenvalue weighted by atomic mass is 35.5. The van der Waals surface area contributed by atoms with Gasteiger partial charge in [0, 0.05) is 18.1 Å². The van der Waals surface area contributed by atoms with Crippen molar-refractivity contribution >= 4 is 23.4 Å². The third-order valence-electron chi connectivity index (χ3n) is 2.36. The van der Waals surface area contributed by atoms with Crippen LogP contribution in [0.25, 0.3) is 0 Å². The third kappa shape index (κ3) is 5.14. The summed E-state index contributed by atoms with van der Waals surface area (Å²) in [4.78, 5) is 22.4. The Balaban J connectivity index is 2.52. The quantitative estimate of drug-likeness (QED) is 0.811. The number of ether oxygens (including phenoxy) is 1. The Hall–Kier alpha value is -1.96. The number of carbonyl (C=O) groups is 2. The van der Waals surface area contributed by atoms with Crippen LogP contribution >= 0.6 is 11.6 Å². The van der Waals surface area contributed by atoms with E-state index in [-0.39, 0.29) is 24.4 Å². The smallest absolute Gasteiger partial charge is 0.471 e. The maximum atomic E-state index is 11.9. The summed E-state index contributed by atoms with van der Waals surface area (Å²) in [7, 11) is 1.36. The van der Waals surface area contributed by atoms with Gasteiger partial charge in [-0.2, -0.15) is 13.2 Å². The summed E-state index contributed by atoms with van der Waals surface area (Å²) in [6.45, 7) is -0.525. The van der Waals surface area contributed by atoms with Crippen molar-refractivity contribution in [1.29, 1.82) is 0 Å². The topological polar surface area (TPSA) is 67.4 Å². The minimum atomic E-state index is -4.94.